The Hall–Kier alpha value is -3.47. The van der Waals surface area contributed by atoms with Crippen molar-refractivity contribution in [2.45, 2.75) is 212 Å². The van der Waals surface area contributed by atoms with Gasteiger partial charge in [0.2, 0.25) is 5.91 Å². The molecule has 0 heterocycles. The molecule has 0 saturated carbocycles. The predicted octanol–water partition coefficient (Wildman–Crippen LogP) is 16.3. The number of amides is 1. The molecule has 0 aliphatic carbocycles. The van der Waals surface area contributed by atoms with Crippen LogP contribution in [0.1, 0.15) is 200 Å². The molecule has 0 aliphatic heterocycles. The average Bonchev–Trinajstić information content (AvgIpc) is 3.26. The van der Waals surface area contributed by atoms with Crippen LogP contribution in [0.5, 0.6) is 0 Å². The van der Waals surface area contributed by atoms with Crippen LogP contribution < -0.4 is 5.32 Å². The molecule has 4 heteroatoms. The Labute approximate surface area is 377 Å². The van der Waals surface area contributed by atoms with Crippen LogP contribution in [0.4, 0.5) is 0 Å². The lowest BCUT2D eigenvalue weighted by Crippen LogP contribution is -2.45. The first-order valence-electron chi connectivity index (χ1n) is 24.9. The molecule has 0 aliphatic rings. The van der Waals surface area contributed by atoms with Crippen LogP contribution >= 0.6 is 0 Å². The average molecular weight is 840 g/mol. The molecule has 0 aromatic heterocycles. The van der Waals surface area contributed by atoms with E-state index in [0.717, 1.165) is 103 Å². The molecule has 0 bridgehead atoms. The molecule has 0 radical (unpaired) electrons. The number of aliphatic hydroxyl groups excluding tert-OH is 2. The van der Waals surface area contributed by atoms with Gasteiger partial charge in [0.15, 0.2) is 0 Å². The maximum atomic E-state index is 12.4. The molecule has 3 N–H and O–H groups in total. The van der Waals surface area contributed by atoms with Crippen molar-refractivity contribution >= 4 is 5.91 Å². The normalized spacial score (nSPS) is 14.1. The number of allylic oxidation sites excluding steroid dienone is 21. The summed E-state index contributed by atoms with van der Waals surface area (Å²) in [5, 5.41) is 23.0. The molecule has 1 amide bonds. The quantitative estimate of drug-likeness (QED) is 0.0423. The van der Waals surface area contributed by atoms with Gasteiger partial charge in [-0.2, -0.15) is 0 Å². The summed E-state index contributed by atoms with van der Waals surface area (Å²) >= 11 is 0. The van der Waals surface area contributed by atoms with E-state index in [-0.39, 0.29) is 12.5 Å². The predicted molar refractivity (Wildman–Crippen MR) is 271 cm³/mol. The first-order valence-corrected chi connectivity index (χ1v) is 24.9. The van der Waals surface area contributed by atoms with Crippen LogP contribution in [0.3, 0.4) is 0 Å². The second-order valence-electron chi connectivity index (χ2n) is 16.1. The van der Waals surface area contributed by atoms with E-state index in [2.05, 4.69) is 141 Å². The largest absolute Gasteiger partial charge is 0.394 e. The summed E-state index contributed by atoms with van der Waals surface area (Å²) in [4.78, 5) is 12.4. The Morgan fingerprint density at radius 3 is 1.08 bits per heavy atom. The van der Waals surface area contributed by atoms with Crippen LogP contribution in [0.2, 0.25) is 0 Å². The monoisotopic (exact) mass is 840 g/mol. The first-order chi connectivity index (χ1) is 30.2. The molecular formula is C57H93NO3. The fraction of sp³-hybridized carbons (Fsp3) is 0.596. The lowest BCUT2D eigenvalue weighted by molar-refractivity contribution is -0.123. The van der Waals surface area contributed by atoms with Gasteiger partial charge in [-0.3, -0.25) is 4.79 Å². The Bertz CT molecular complexity index is 1270. The molecule has 0 aromatic rings. The summed E-state index contributed by atoms with van der Waals surface area (Å²) in [6, 6.07) is -0.638. The van der Waals surface area contributed by atoms with Gasteiger partial charge in [0.1, 0.15) is 0 Å². The first kappa shape index (κ1) is 57.5. The van der Waals surface area contributed by atoms with E-state index >= 15 is 0 Å². The third-order valence-electron chi connectivity index (χ3n) is 10.4. The van der Waals surface area contributed by atoms with Crippen LogP contribution in [0.15, 0.2) is 134 Å². The highest BCUT2D eigenvalue weighted by Gasteiger charge is 2.17. The van der Waals surface area contributed by atoms with Gasteiger partial charge >= 0.3 is 0 Å². The number of unbranched alkanes of at least 4 members (excludes halogenated alkanes) is 16. The molecule has 0 spiro atoms. The van der Waals surface area contributed by atoms with E-state index in [4.69, 9.17) is 0 Å². The highest BCUT2D eigenvalue weighted by molar-refractivity contribution is 5.76. The number of carbonyl (C=O) groups is 1. The van der Waals surface area contributed by atoms with Crippen molar-refractivity contribution in [3.8, 4) is 0 Å². The Morgan fingerprint density at radius 1 is 0.410 bits per heavy atom. The number of aliphatic hydroxyl groups is 2. The van der Waals surface area contributed by atoms with E-state index in [1.165, 1.54) is 77.0 Å². The lowest BCUT2D eigenvalue weighted by atomic mass is 10.1. The fourth-order valence-electron chi connectivity index (χ4n) is 6.62. The molecule has 0 saturated heterocycles. The summed E-state index contributed by atoms with van der Waals surface area (Å²) in [6.07, 6.45) is 80.0. The van der Waals surface area contributed by atoms with Crippen molar-refractivity contribution in [2.24, 2.45) is 0 Å². The molecule has 2 atom stereocenters. The van der Waals surface area contributed by atoms with Crippen molar-refractivity contribution in [3.05, 3.63) is 134 Å². The molecule has 344 valence electrons. The lowest BCUT2D eigenvalue weighted by Gasteiger charge is -2.20. The van der Waals surface area contributed by atoms with Gasteiger partial charge < -0.3 is 15.5 Å². The number of hydrogen-bond acceptors (Lipinski definition) is 3. The minimum Gasteiger partial charge on any atom is -0.394 e. The Balaban J connectivity index is 3.68. The Kier molecular flexibility index (Phi) is 48.0. The summed E-state index contributed by atoms with van der Waals surface area (Å²) < 4.78 is 0. The van der Waals surface area contributed by atoms with E-state index in [1.807, 2.05) is 6.08 Å². The molecule has 2 unspecified atom stereocenters. The third kappa shape index (κ3) is 47.4. The number of rotatable bonds is 43. The van der Waals surface area contributed by atoms with Gasteiger partial charge in [-0.1, -0.05) is 231 Å². The zero-order chi connectivity index (χ0) is 44.2. The van der Waals surface area contributed by atoms with Gasteiger partial charge in [0.05, 0.1) is 18.8 Å². The molecule has 61 heavy (non-hydrogen) atoms. The summed E-state index contributed by atoms with van der Waals surface area (Å²) in [5.74, 6) is -0.0861. The van der Waals surface area contributed by atoms with Crippen LogP contribution in [0.25, 0.3) is 0 Å². The van der Waals surface area contributed by atoms with E-state index in [9.17, 15) is 15.0 Å². The second kappa shape index (κ2) is 50.9. The highest BCUT2D eigenvalue weighted by atomic mass is 16.3. The van der Waals surface area contributed by atoms with Crippen molar-refractivity contribution in [3.63, 3.8) is 0 Å². The third-order valence-corrected chi connectivity index (χ3v) is 10.4. The van der Waals surface area contributed by atoms with E-state index < -0.39 is 12.1 Å². The molecule has 0 fully saturated rings. The van der Waals surface area contributed by atoms with Crippen LogP contribution in [0, 0.1) is 0 Å². The molecule has 0 rings (SSSR count). The summed E-state index contributed by atoms with van der Waals surface area (Å²) in [7, 11) is 0. The van der Waals surface area contributed by atoms with Crippen molar-refractivity contribution in [1.82, 2.24) is 5.32 Å². The van der Waals surface area contributed by atoms with Crippen LogP contribution in [-0.2, 0) is 4.79 Å². The van der Waals surface area contributed by atoms with Gasteiger partial charge in [-0.25, -0.2) is 0 Å². The summed E-state index contributed by atoms with van der Waals surface area (Å²) in [6.45, 7) is 4.16. The minimum absolute atomic E-state index is 0.0861. The van der Waals surface area contributed by atoms with Gasteiger partial charge in [0.25, 0.3) is 0 Å². The number of carbonyl (C=O) groups excluding carboxylic acids is 1. The standard InChI is InChI=1S/C57H93NO3/c1-3-5-7-9-11-13-15-17-18-19-20-21-22-23-24-25-26-27-28-29-30-31-32-33-34-35-36-37-38-39-40-41-43-45-47-49-51-53-57(61)58-55(54-59)56(60)52-50-48-46-44-42-16-14-12-10-8-6-4-2/h5,7,11,13,17-18,20-21,23-24,26-27,29-30,32-33,35-36,38-39,50,52,55-56,59-60H,3-4,6,8-10,12,14-16,19,22,25,28,31,34,37,40-49,51,53-54H2,1-2H3,(H,58,61)/b7-5-,13-11-,18-17-,21-20-,24-23-,27-26-,30-29-,33-32-,36-35-,39-38-,52-50+. The fourth-order valence-corrected chi connectivity index (χ4v) is 6.62. The zero-order valence-corrected chi connectivity index (χ0v) is 39.4. The van der Waals surface area contributed by atoms with Gasteiger partial charge in [-0.15, -0.1) is 0 Å². The van der Waals surface area contributed by atoms with Gasteiger partial charge in [-0.05, 0) is 96.3 Å². The van der Waals surface area contributed by atoms with Crippen molar-refractivity contribution in [1.29, 1.82) is 0 Å². The maximum absolute atomic E-state index is 12.4. The molecule has 4 nitrogen and oxygen atoms in total. The van der Waals surface area contributed by atoms with Crippen LogP contribution in [-0.4, -0.2) is 34.9 Å². The zero-order valence-electron chi connectivity index (χ0n) is 39.4. The highest BCUT2D eigenvalue weighted by Crippen LogP contribution is 2.13. The topological polar surface area (TPSA) is 69.6 Å². The van der Waals surface area contributed by atoms with Crippen molar-refractivity contribution < 1.29 is 15.0 Å². The van der Waals surface area contributed by atoms with E-state index in [0.29, 0.717) is 6.42 Å². The maximum Gasteiger partial charge on any atom is 0.220 e. The summed E-state index contributed by atoms with van der Waals surface area (Å²) in [5.41, 5.74) is 0. The smallest absolute Gasteiger partial charge is 0.220 e. The number of nitrogens with one attached hydrogen (secondary N) is 1. The minimum atomic E-state index is -0.853. The van der Waals surface area contributed by atoms with E-state index in [1.54, 1.807) is 6.08 Å². The number of hydrogen-bond donors (Lipinski definition) is 3. The molecular weight excluding hydrogens is 747 g/mol. The van der Waals surface area contributed by atoms with Crippen molar-refractivity contribution in [2.75, 3.05) is 6.61 Å². The Morgan fingerprint density at radius 2 is 0.721 bits per heavy atom. The SMILES string of the molecule is CC/C=C\C/C=C\C/C=C\C/C=C\C/C=C\C/C=C\C/C=C\C/C=C\C/C=C\C/C=C\CCCCCCCCC(=O)NC(CO)C(O)/C=C/CCCCCCCCCCCC. The second-order valence-corrected chi connectivity index (χ2v) is 16.1. The molecule has 0 aromatic carbocycles. The van der Waals surface area contributed by atoms with Gasteiger partial charge in [0, 0.05) is 6.42 Å².